The van der Waals surface area contributed by atoms with Gasteiger partial charge in [0, 0.05) is 54.5 Å². The Kier molecular flexibility index (Phi) is 12.2. The van der Waals surface area contributed by atoms with Crippen LogP contribution in [0.3, 0.4) is 0 Å². The van der Waals surface area contributed by atoms with Crippen molar-refractivity contribution in [2.75, 3.05) is 78.8 Å². The van der Waals surface area contributed by atoms with E-state index in [2.05, 4.69) is 47.4 Å². The summed E-state index contributed by atoms with van der Waals surface area (Å²) in [5, 5.41) is 19.6. The molecule has 2 amide bonds. The number of nitrogens with one attached hydrogen (secondary N) is 4. The summed E-state index contributed by atoms with van der Waals surface area (Å²) in [5.41, 5.74) is 10.1. The fourth-order valence-corrected chi connectivity index (χ4v) is 5.74. The second-order valence-corrected chi connectivity index (χ2v) is 11.0. The van der Waals surface area contributed by atoms with Crippen LogP contribution in [0.15, 0.2) is 22.7 Å². The van der Waals surface area contributed by atoms with Gasteiger partial charge in [-0.3, -0.25) is 30.2 Å². The molecule has 0 radical (unpaired) electrons. The number of hydrogen-bond acceptors (Lipinski definition) is 10. The highest BCUT2D eigenvalue weighted by molar-refractivity contribution is 9.10. The largest absolute Gasteiger partial charge is 0.478 e. The number of carbonyl (C=O) groups is 4. The van der Waals surface area contributed by atoms with Crippen molar-refractivity contribution < 1.29 is 38.9 Å². The first kappa shape index (κ1) is 32.7. The van der Waals surface area contributed by atoms with Crippen LogP contribution >= 0.6 is 15.9 Å². The molecule has 2 aliphatic heterocycles. The number of nitrogens with zero attached hydrogens (tertiary/aromatic N) is 2. The Morgan fingerprint density at radius 3 is 1.67 bits per heavy atom. The molecule has 0 unspecified atom stereocenters. The first-order chi connectivity index (χ1) is 20.8. The molecule has 0 spiro atoms. The first-order valence-electron chi connectivity index (χ1n) is 14.2. The molecule has 0 atom stereocenters. The van der Waals surface area contributed by atoms with E-state index in [0.717, 1.165) is 64.2 Å². The molecule has 2 aliphatic rings. The number of fused-ring (bicyclic) bond motifs is 1. The van der Waals surface area contributed by atoms with Gasteiger partial charge in [0.25, 0.3) is 11.8 Å². The third-order valence-corrected chi connectivity index (χ3v) is 7.96. The number of carboxylic acid groups (broad SMARTS) is 2. The maximum absolute atomic E-state index is 13.4. The van der Waals surface area contributed by atoms with Gasteiger partial charge in [0.2, 0.25) is 0 Å². The predicted molar refractivity (Wildman–Crippen MR) is 160 cm³/mol. The van der Waals surface area contributed by atoms with Gasteiger partial charge in [-0.05, 0) is 60.1 Å². The Morgan fingerprint density at radius 1 is 0.721 bits per heavy atom. The number of morpholine rings is 2. The highest BCUT2D eigenvalue weighted by atomic mass is 79.9. The summed E-state index contributed by atoms with van der Waals surface area (Å²) in [4.78, 5) is 55.6. The van der Waals surface area contributed by atoms with Gasteiger partial charge in [-0.25, -0.2) is 20.4 Å². The number of rotatable bonds is 14. The van der Waals surface area contributed by atoms with E-state index in [1.54, 1.807) is 0 Å². The van der Waals surface area contributed by atoms with E-state index in [0.29, 0.717) is 39.5 Å². The van der Waals surface area contributed by atoms with Crippen LogP contribution in [-0.2, 0) is 9.47 Å². The van der Waals surface area contributed by atoms with Gasteiger partial charge in [0.15, 0.2) is 0 Å². The maximum atomic E-state index is 13.4. The molecule has 0 saturated carbocycles. The van der Waals surface area contributed by atoms with Crippen molar-refractivity contribution in [2.24, 2.45) is 0 Å². The number of amides is 2. The van der Waals surface area contributed by atoms with Crippen LogP contribution in [0.5, 0.6) is 0 Å². The van der Waals surface area contributed by atoms with Crippen LogP contribution in [0.2, 0.25) is 0 Å². The summed E-state index contributed by atoms with van der Waals surface area (Å²) in [7, 11) is 0. The Morgan fingerprint density at radius 2 is 1.19 bits per heavy atom. The summed E-state index contributed by atoms with van der Waals surface area (Å²) < 4.78 is 10.8. The van der Waals surface area contributed by atoms with E-state index in [1.165, 1.54) is 6.07 Å². The summed E-state index contributed by atoms with van der Waals surface area (Å²) in [5.74, 6) is -4.10. The maximum Gasteiger partial charge on any atom is 0.336 e. The number of carboxylic acids is 2. The molecular formula is C28H37BrN6O8. The van der Waals surface area contributed by atoms with Crippen molar-refractivity contribution in [3.63, 3.8) is 0 Å². The molecular weight excluding hydrogens is 628 g/mol. The fourth-order valence-electron chi connectivity index (χ4n) is 5.14. The van der Waals surface area contributed by atoms with Crippen molar-refractivity contribution in [3.8, 4) is 0 Å². The van der Waals surface area contributed by atoms with Gasteiger partial charge in [-0.2, -0.15) is 0 Å². The van der Waals surface area contributed by atoms with Crippen LogP contribution < -0.4 is 21.7 Å². The minimum absolute atomic E-state index is 0.0990. The Labute approximate surface area is 257 Å². The van der Waals surface area contributed by atoms with Crippen LogP contribution in [0.4, 0.5) is 0 Å². The number of carbonyl (C=O) groups excluding carboxylic acids is 2. The monoisotopic (exact) mass is 664 g/mol. The van der Waals surface area contributed by atoms with Gasteiger partial charge < -0.3 is 19.7 Å². The fraction of sp³-hybridized carbons (Fsp3) is 0.500. The topological polar surface area (TPSA) is 182 Å². The van der Waals surface area contributed by atoms with Gasteiger partial charge in [-0.15, -0.1) is 0 Å². The summed E-state index contributed by atoms with van der Waals surface area (Å²) >= 11 is 3.33. The van der Waals surface area contributed by atoms with Crippen LogP contribution in [0.1, 0.15) is 54.3 Å². The van der Waals surface area contributed by atoms with Crippen LogP contribution in [-0.4, -0.2) is 123 Å². The molecule has 0 aliphatic carbocycles. The quantitative estimate of drug-likeness (QED) is 0.124. The third kappa shape index (κ3) is 8.69. The van der Waals surface area contributed by atoms with E-state index < -0.39 is 23.8 Å². The lowest BCUT2D eigenvalue weighted by atomic mass is 9.91. The van der Waals surface area contributed by atoms with Gasteiger partial charge in [-0.1, -0.05) is 0 Å². The molecule has 234 valence electrons. The summed E-state index contributed by atoms with van der Waals surface area (Å²) in [6, 6.07) is 3.58. The van der Waals surface area contributed by atoms with E-state index in [9.17, 15) is 29.4 Å². The lowest BCUT2D eigenvalue weighted by Gasteiger charge is -2.26. The zero-order valence-corrected chi connectivity index (χ0v) is 25.3. The molecule has 6 N–H and O–H groups in total. The van der Waals surface area contributed by atoms with E-state index in [-0.39, 0.29) is 37.5 Å². The molecule has 2 heterocycles. The second kappa shape index (κ2) is 16.0. The molecule has 15 heteroatoms. The van der Waals surface area contributed by atoms with Crippen molar-refractivity contribution in [1.82, 2.24) is 31.5 Å². The number of halogens is 1. The lowest BCUT2D eigenvalue weighted by molar-refractivity contribution is 0.0373. The second-order valence-electron chi connectivity index (χ2n) is 10.2. The molecule has 4 rings (SSSR count). The van der Waals surface area contributed by atoms with Crippen molar-refractivity contribution >= 4 is 50.5 Å². The predicted octanol–water partition coefficient (Wildman–Crippen LogP) is 0.912. The van der Waals surface area contributed by atoms with Crippen molar-refractivity contribution in [1.29, 1.82) is 0 Å². The Balaban J connectivity index is 1.52. The number of hydrogen-bond donors (Lipinski definition) is 6. The summed E-state index contributed by atoms with van der Waals surface area (Å²) in [6.07, 6.45) is 1.48. The molecule has 43 heavy (non-hydrogen) atoms. The normalized spacial score (nSPS) is 16.2. The van der Waals surface area contributed by atoms with E-state index in [1.807, 2.05) is 0 Å². The molecule has 14 nitrogen and oxygen atoms in total. The Bertz CT molecular complexity index is 1330. The van der Waals surface area contributed by atoms with E-state index >= 15 is 0 Å². The number of benzene rings is 2. The smallest absolute Gasteiger partial charge is 0.336 e. The lowest BCUT2D eigenvalue weighted by Crippen LogP contribution is -2.41. The average Bonchev–Trinajstić information content (AvgIpc) is 3.00. The molecule has 2 saturated heterocycles. The van der Waals surface area contributed by atoms with Crippen molar-refractivity contribution in [2.45, 2.75) is 12.8 Å². The minimum atomic E-state index is -1.37. The minimum Gasteiger partial charge on any atom is -0.478 e. The first-order valence-corrected chi connectivity index (χ1v) is 15.0. The molecule has 2 aromatic rings. The highest BCUT2D eigenvalue weighted by Gasteiger charge is 2.28. The number of hydrazine groups is 2. The number of aromatic carboxylic acids is 2. The zero-order valence-electron chi connectivity index (χ0n) is 23.7. The molecule has 2 fully saturated rings. The summed E-state index contributed by atoms with van der Waals surface area (Å²) in [6.45, 7) is 8.67. The van der Waals surface area contributed by atoms with Crippen LogP contribution in [0, 0.1) is 0 Å². The molecule has 2 aromatic carbocycles. The SMILES string of the molecule is O=C(O)c1ccc(C(=O)O)c2c(C(=O)NNCCCN3CCOCC3)c(Br)cc(C(=O)NNCCCN3CCOCC3)c12. The van der Waals surface area contributed by atoms with Gasteiger partial charge in [0.05, 0.1) is 48.7 Å². The highest BCUT2D eigenvalue weighted by Crippen LogP contribution is 2.35. The average molecular weight is 666 g/mol. The Hall–Kier alpha value is -3.18. The van der Waals surface area contributed by atoms with Gasteiger partial charge in [0.1, 0.15) is 0 Å². The third-order valence-electron chi connectivity index (χ3n) is 7.33. The molecule has 0 aromatic heterocycles. The van der Waals surface area contributed by atoms with Crippen LogP contribution in [0.25, 0.3) is 10.8 Å². The van der Waals surface area contributed by atoms with Gasteiger partial charge >= 0.3 is 11.9 Å². The van der Waals surface area contributed by atoms with E-state index in [4.69, 9.17) is 9.47 Å². The number of ether oxygens (including phenoxy) is 2. The standard InChI is InChI=1S/C28H37BrN6O8/c29-21-17-20(25(36)32-30-5-1-7-34-9-13-42-14-10-34)22-18(27(38)39)3-4-19(28(40)41)23(22)24(21)26(37)33-31-6-2-8-35-11-15-43-16-12-35/h3-4,17,30-31H,1-2,5-16H2,(H,32,36)(H,33,37)(H,38,39)(H,40,41). The zero-order chi connectivity index (χ0) is 30.8. The molecule has 0 bridgehead atoms. The van der Waals surface area contributed by atoms with Crippen molar-refractivity contribution in [3.05, 3.63) is 44.9 Å².